The first-order valence-corrected chi connectivity index (χ1v) is 6.12. The molecule has 1 fully saturated rings. The number of ether oxygens (including phenoxy) is 1. The molecule has 0 saturated carbocycles. The van der Waals surface area contributed by atoms with Crippen LogP contribution >= 0.6 is 0 Å². The maximum atomic E-state index is 11.6. The fourth-order valence-corrected chi connectivity index (χ4v) is 2.38. The minimum atomic E-state index is -0.441. The van der Waals surface area contributed by atoms with E-state index in [4.69, 9.17) is 4.74 Å². The zero-order valence-electron chi connectivity index (χ0n) is 10.5. The third-order valence-electron chi connectivity index (χ3n) is 3.32. The van der Waals surface area contributed by atoms with Crippen LogP contribution in [0.3, 0.4) is 0 Å². The lowest BCUT2D eigenvalue weighted by Crippen LogP contribution is -2.35. The first-order valence-electron chi connectivity index (χ1n) is 6.12. The van der Waals surface area contributed by atoms with Crippen molar-refractivity contribution in [1.29, 1.82) is 0 Å². The lowest BCUT2D eigenvalue weighted by atomic mass is 9.92. The summed E-state index contributed by atoms with van der Waals surface area (Å²) in [5.41, 5.74) is 0.662. The lowest BCUT2D eigenvalue weighted by molar-refractivity contribution is -0.159. The van der Waals surface area contributed by atoms with E-state index >= 15 is 0 Å². The van der Waals surface area contributed by atoms with Crippen LogP contribution in [0.15, 0.2) is 30.3 Å². The molecule has 1 atom stereocenters. The van der Waals surface area contributed by atoms with Gasteiger partial charge in [-0.3, -0.25) is 4.79 Å². The second-order valence-corrected chi connectivity index (χ2v) is 4.68. The first kappa shape index (κ1) is 12.1. The highest BCUT2D eigenvalue weighted by atomic mass is 16.6. The molecule has 1 aromatic carbocycles. The average Bonchev–Trinajstić information content (AvgIpc) is 2.73. The first-order chi connectivity index (χ1) is 8.16. The molecule has 3 heteroatoms. The zero-order chi connectivity index (χ0) is 12.3. The van der Waals surface area contributed by atoms with E-state index in [1.807, 2.05) is 37.3 Å². The van der Waals surface area contributed by atoms with Gasteiger partial charge in [-0.05, 0) is 12.6 Å². The summed E-state index contributed by atoms with van der Waals surface area (Å²) < 4.78 is 5.72. The highest BCUT2D eigenvalue weighted by Gasteiger charge is 2.41. The molecule has 0 spiro atoms. The number of hydrogen-bond donors (Lipinski definition) is 0. The Balaban J connectivity index is 2.28. The average molecular weight is 233 g/mol. The van der Waals surface area contributed by atoms with Gasteiger partial charge in [-0.2, -0.15) is 0 Å². The van der Waals surface area contributed by atoms with Crippen LogP contribution in [0.2, 0.25) is 0 Å². The maximum Gasteiger partial charge on any atom is 0.306 e. The molecule has 1 aliphatic rings. The summed E-state index contributed by atoms with van der Waals surface area (Å²) in [6, 6.07) is 10.1. The monoisotopic (exact) mass is 233 g/mol. The number of likely N-dealkylation sites (tertiary alicyclic amines) is 1. The molecule has 92 valence electrons. The van der Waals surface area contributed by atoms with Gasteiger partial charge in [0.05, 0.1) is 0 Å². The minimum absolute atomic E-state index is 0.121. The molecule has 1 heterocycles. The number of carbonyl (C=O) groups is 1. The molecule has 1 aliphatic heterocycles. The maximum absolute atomic E-state index is 11.6. The van der Waals surface area contributed by atoms with Crippen molar-refractivity contribution in [2.24, 2.45) is 0 Å². The number of hydrogen-bond acceptors (Lipinski definition) is 3. The fraction of sp³-hybridized carbons (Fsp3) is 0.500. The molecule has 0 aliphatic carbocycles. The van der Waals surface area contributed by atoms with E-state index in [1.54, 1.807) is 0 Å². The largest absolute Gasteiger partial charge is 0.453 e. The number of rotatable bonds is 3. The van der Waals surface area contributed by atoms with Gasteiger partial charge in [0, 0.05) is 25.9 Å². The number of esters is 1. The summed E-state index contributed by atoms with van der Waals surface area (Å²) in [5.74, 6) is -0.121. The molecule has 1 unspecified atom stereocenters. The van der Waals surface area contributed by atoms with Crippen molar-refractivity contribution in [3.63, 3.8) is 0 Å². The van der Waals surface area contributed by atoms with Gasteiger partial charge in [0.15, 0.2) is 5.60 Å². The van der Waals surface area contributed by atoms with Gasteiger partial charge >= 0.3 is 5.97 Å². The molecule has 2 rings (SSSR count). The lowest BCUT2D eigenvalue weighted by Gasteiger charge is -2.29. The highest BCUT2D eigenvalue weighted by Crippen LogP contribution is 2.35. The fourth-order valence-electron chi connectivity index (χ4n) is 2.38. The van der Waals surface area contributed by atoms with Crippen molar-refractivity contribution >= 4 is 5.97 Å². The zero-order valence-corrected chi connectivity index (χ0v) is 10.5. The highest BCUT2D eigenvalue weighted by molar-refractivity contribution is 5.69. The Hall–Kier alpha value is -1.35. The minimum Gasteiger partial charge on any atom is -0.453 e. The van der Waals surface area contributed by atoms with Crippen molar-refractivity contribution in [2.45, 2.75) is 25.4 Å². The quantitative estimate of drug-likeness (QED) is 0.749. The number of carbonyl (C=O) groups excluding carboxylic acids is 1. The summed E-state index contributed by atoms with van der Waals surface area (Å²) in [6.07, 6.45) is 1.30. The van der Waals surface area contributed by atoms with Gasteiger partial charge in [0.1, 0.15) is 0 Å². The molecule has 0 bridgehead atoms. The van der Waals surface area contributed by atoms with Gasteiger partial charge < -0.3 is 9.64 Å². The van der Waals surface area contributed by atoms with Crippen LogP contribution in [0, 0.1) is 0 Å². The molecule has 1 aromatic rings. The summed E-state index contributed by atoms with van der Waals surface area (Å²) in [5, 5.41) is 0. The van der Waals surface area contributed by atoms with Crippen LogP contribution in [0.25, 0.3) is 0 Å². The van der Waals surface area contributed by atoms with Gasteiger partial charge in [0.2, 0.25) is 0 Å². The summed E-state index contributed by atoms with van der Waals surface area (Å²) in [4.78, 5) is 13.8. The molecule has 3 nitrogen and oxygen atoms in total. The van der Waals surface area contributed by atoms with Crippen molar-refractivity contribution in [3.8, 4) is 0 Å². The normalized spacial score (nSPS) is 24.8. The Morgan fingerprint density at radius 2 is 2.12 bits per heavy atom. The number of benzene rings is 1. The summed E-state index contributed by atoms with van der Waals surface area (Å²) in [7, 11) is 2.06. The van der Waals surface area contributed by atoms with E-state index in [0.29, 0.717) is 6.42 Å². The van der Waals surface area contributed by atoms with Crippen molar-refractivity contribution < 1.29 is 9.53 Å². The Labute approximate surface area is 102 Å². The second kappa shape index (κ2) is 4.88. The molecule has 0 aromatic heterocycles. The predicted molar refractivity (Wildman–Crippen MR) is 66.6 cm³/mol. The van der Waals surface area contributed by atoms with Gasteiger partial charge in [-0.25, -0.2) is 0 Å². The third kappa shape index (κ3) is 2.50. The van der Waals surface area contributed by atoms with E-state index in [-0.39, 0.29) is 5.97 Å². The third-order valence-corrected chi connectivity index (χ3v) is 3.32. The van der Waals surface area contributed by atoms with Crippen molar-refractivity contribution in [1.82, 2.24) is 4.90 Å². The topological polar surface area (TPSA) is 29.5 Å². The SMILES string of the molecule is CCC(=O)OC1(c2ccccc2)CCN(C)C1. The summed E-state index contributed by atoms with van der Waals surface area (Å²) >= 11 is 0. The molecule has 0 N–H and O–H groups in total. The Morgan fingerprint density at radius 1 is 1.41 bits per heavy atom. The predicted octanol–water partition coefficient (Wildman–Crippen LogP) is 2.17. The smallest absolute Gasteiger partial charge is 0.306 e. The van der Waals surface area contributed by atoms with E-state index in [2.05, 4.69) is 11.9 Å². The van der Waals surface area contributed by atoms with Crippen LogP contribution in [0.4, 0.5) is 0 Å². The molecule has 17 heavy (non-hydrogen) atoms. The van der Waals surface area contributed by atoms with Crippen LogP contribution < -0.4 is 0 Å². The van der Waals surface area contributed by atoms with Gasteiger partial charge in [0.25, 0.3) is 0 Å². The van der Waals surface area contributed by atoms with E-state index in [1.165, 1.54) is 0 Å². The Kier molecular flexibility index (Phi) is 3.48. The van der Waals surface area contributed by atoms with E-state index in [0.717, 1.165) is 25.1 Å². The van der Waals surface area contributed by atoms with Gasteiger partial charge in [-0.1, -0.05) is 37.3 Å². The summed E-state index contributed by atoms with van der Waals surface area (Å²) in [6.45, 7) is 3.58. The molecular weight excluding hydrogens is 214 g/mol. The van der Waals surface area contributed by atoms with E-state index in [9.17, 15) is 4.79 Å². The van der Waals surface area contributed by atoms with Crippen molar-refractivity contribution in [3.05, 3.63) is 35.9 Å². The van der Waals surface area contributed by atoms with Gasteiger partial charge in [-0.15, -0.1) is 0 Å². The molecular formula is C14H19NO2. The Morgan fingerprint density at radius 3 is 2.65 bits per heavy atom. The van der Waals surface area contributed by atoms with E-state index < -0.39 is 5.60 Å². The molecule has 0 radical (unpaired) electrons. The second-order valence-electron chi connectivity index (χ2n) is 4.68. The van der Waals surface area contributed by atoms with Crippen LogP contribution in [0.1, 0.15) is 25.3 Å². The van der Waals surface area contributed by atoms with Crippen LogP contribution in [-0.2, 0) is 15.1 Å². The Bertz CT molecular complexity index is 390. The molecule has 0 amide bonds. The van der Waals surface area contributed by atoms with Crippen LogP contribution in [0.5, 0.6) is 0 Å². The van der Waals surface area contributed by atoms with Crippen LogP contribution in [-0.4, -0.2) is 31.0 Å². The van der Waals surface area contributed by atoms with Crippen molar-refractivity contribution in [2.75, 3.05) is 20.1 Å². The number of likely N-dealkylation sites (N-methyl/N-ethyl adjacent to an activating group) is 1. The molecule has 1 saturated heterocycles. The number of nitrogens with zero attached hydrogens (tertiary/aromatic N) is 1. The standard InChI is InChI=1S/C14H19NO2/c1-3-13(16)17-14(9-10-15(2)11-14)12-7-5-4-6-8-12/h4-8H,3,9-11H2,1-2H3.